The number of ether oxygens (including phenoxy) is 1. The molecule has 1 aliphatic carbocycles. The standard InChI is InChI=1S/C25H29N9O3/c1-16-22(37-19-10-6-9-18(13-19)24(35)36)12-11-20(27-16)23-21(33(2)31-28-23)15-34-30-25(29-32-34)26-14-17-7-4-3-5-8-17/h3-5,7-8,11-12,18-19H,6,9-10,13-15H2,1-2H3,(H,26,30)(H,35,36)/t18-,19-/m0/s1. The highest BCUT2D eigenvalue weighted by atomic mass is 16.5. The number of aliphatic carboxylic acids is 1. The number of benzene rings is 1. The topological polar surface area (TPSA) is 146 Å². The van der Waals surface area contributed by atoms with Crippen molar-refractivity contribution in [2.45, 2.75) is 51.8 Å². The van der Waals surface area contributed by atoms with Crippen LogP contribution in [0.3, 0.4) is 0 Å². The van der Waals surface area contributed by atoms with Gasteiger partial charge >= 0.3 is 5.97 Å². The van der Waals surface area contributed by atoms with Crippen molar-refractivity contribution in [1.82, 2.24) is 40.2 Å². The molecule has 2 N–H and O–H groups in total. The minimum Gasteiger partial charge on any atom is -0.489 e. The van der Waals surface area contributed by atoms with Gasteiger partial charge in [0.05, 0.1) is 29.1 Å². The highest BCUT2D eigenvalue weighted by Crippen LogP contribution is 2.30. The molecule has 0 unspecified atom stereocenters. The predicted molar refractivity (Wildman–Crippen MR) is 134 cm³/mol. The summed E-state index contributed by atoms with van der Waals surface area (Å²) in [5, 5.41) is 33.7. The first kappa shape index (κ1) is 24.3. The Balaban J connectivity index is 1.27. The fourth-order valence-electron chi connectivity index (χ4n) is 4.51. The Morgan fingerprint density at radius 1 is 1.14 bits per heavy atom. The number of rotatable bonds is 9. The number of carbonyl (C=O) groups is 1. The maximum absolute atomic E-state index is 11.4. The molecule has 0 saturated heterocycles. The van der Waals surface area contributed by atoms with Gasteiger partial charge in [-0.25, -0.2) is 9.67 Å². The van der Waals surface area contributed by atoms with Crippen LogP contribution in [-0.2, 0) is 24.9 Å². The molecule has 3 heterocycles. The number of nitrogens with one attached hydrogen (secondary N) is 1. The van der Waals surface area contributed by atoms with E-state index in [9.17, 15) is 9.90 Å². The van der Waals surface area contributed by atoms with Crippen LogP contribution >= 0.6 is 0 Å². The van der Waals surface area contributed by atoms with Crippen molar-refractivity contribution in [3.05, 3.63) is 59.4 Å². The molecule has 12 nitrogen and oxygen atoms in total. The van der Waals surface area contributed by atoms with Crippen LogP contribution < -0.4 is 10.1 Å². The second kappa shape index (κ2) is 10.7. The van der Waals surface area contributed by atoms with Crippen LogP contribution in [-0.4, -0.2) is 57.4 Å². The van der Waals surface area contributed by atoms with Gasteiger partial charge in [-0.1, -0.05) is 40.6 Å². The summed E-state index contributed by atoms with van der Waals surface area (Å²) in [7, 11) is 1.81. The Hall–Kier alpha value is -4.35. The van der Waals surface area contributed by atoms with E-state index >= 15 is 0 Å². The van der Waals surface area contributed by atoms with Gasteiger partial charge in [0.15, 0.2) is 0 Å². The zero-order chi connectivity index (χ0) is 25.8. The van der Waals surface area contributed by atoms with Gasteiger partial charge in [0.25, 0.3) is 5.95 Å². The predicted octanol–water partition coefficient (Wildman–Crippen LogP) is 2.85. The molecule has 0 aliphatic heterocycles. The summed E-state index contributed by atoms with van der Waals surface area (Å²) in [4.78, 5) is 17.6. The highest BCUT2D eigenvalue weighted by molar-refractivity contribution is 5.70. The second-order valence-corrected chi connectivity index (χ2v) is 9.21. The van der Waals surface area contributed by atoms with Crippen LogP contribution in [0.4, 0.5) is 5.95 Å². The lowest BCUT2D eigenvalue weighted by Gasteiger charge is -2.27. The maximum Gasteiger partial charge on any atom is 0.306 e. The third-order valence-electron chi connectivity index (χ3n) is 6.53. The summed E-state index contributed by atoms with van der Waals surface area (Å²) < 4.78 is 7.81. The van der Waals surface area contributed by atoms with Gasteiger partial charge in [-0.2, -0.15) is 4.80 Å². The molecular weight excluding hydrogens is 474 g/mol. The lowest BCUT2D eigenvalue weighted by molar-refractivity contribution is -0.143. The molecule has 4 aromatic rings. The van der Waals surface area contributed by atoms with Crippen molar-refractivity contribution < 1.29 is 14.6 Å². The molecule has 37 heavy (non-hydrogen) atoms. The van der Waals surface area contributed by atoms with E-state index < -0.39 is 5.97 Å². The molecule has 1 fully saturated rings. The van der Waals surface area contributed by atoms with Gasteiger partial charge in [0.1, 0.15) is 18.0 Å². The maximum atomic E-state index is 11.4. The van der Waals surface area contributed by atoms with Crippen molar-refractivity contribution in [3.63, 3.8) is 0 Å². The monoisotopic (exact) mass is 503 g/mol. The van der Waals surface area contributed by atoms with E-state index in [2.05, 4.69) is 31.0 Å². The highest BCUT2D eigenvalue weighted by Gasteiger charge is 2.28. The first-order valence-corrected chi connectivity index (χ1v) is 12.3. The van der Waals surface area contributed by atoms with Gasteiger partial charge in [-0.3, -0.25) is 4.79 Å². The number of hydrogen-bond acceptors (Lipinski definition) is 9. The lowest BCUT2D eigenvalue weighted by Crippen LogP contribution is -2.29. The smallest absolute Gasteiger partial charge is 0.306 e. The van der Waals surface area contributed by atoms with Crippen molar-refractivity contribution in [1.29, 1.82) is 0 Å². The van der Waals surface area contributed by atoms with Crippen LogP contribution in [0.15, 0.2) is 42.5 Å². The van der Waals surface area contributed by atoms with Crippen LogP contribution in [0.25, 0.3) is 11.4 Å². The van der Waals surface area contributed by atoms with Crippen LogP contribution in [0.1, 0.15) is 42.6 Å². The number of aryl methyl sites for hydroxylation is 2. The van der Waals surface area contributed by atoms with Gasteiger partial charge in [-0.15, -0.1) is 10.2 Å². The summed E-state index contributed by atoms with van der Waals surface area (Å²) in [6, 6.07) is 13.7. The van der Waals surface area contributed by atoms with Gasteiger partial charge < -0.3 is 15.2 Å². The fraction of sp³-hybridized carbons (Fsp3) is 0.400. The van der Waals surface area contributed by atoms with E-state index in [-0.39, 0.29) is 12.0 Å². The summed E-state index contributed by atoms with van der Waals surface area (Å²) in [6.45, 7) is 2.78. The van der Waals surface area contributed by atoms with E-state index in [1.165, 1.54) is 4.80 Å². The zero-order valence-electron chi connectivity index (χ0n) is 20.8. The number of pyridine rings is 1. The number of tetrazole rings is 1. The Labute approximate surface area is 213 Å². The molecule has 0 spiro atoms. The third-order valence-corrected chi connectivity index (χ3v) is 6.53. The molecule has 1 aromatic carbocycles. The van der Waals surface area contributed by atoms with E-state index in [1.54, 1.807) is 4.68 Å². The van der Waals surface area contributed by atoms with Crippen LogP contribution in [0.5, 0.6) is 5.75 Å². The van der Waals surface area contributed by atoms with E-state index in [4.69, 9.17) is 9.72 Å². The molecule has 0 radical (unpaired) electrons. The van der Waals surface area contributed by atoms with E-state index in [1.807, 2.05) is 56.4 Å². The molecule has 12 heteroatoms. The SMILES string of the molecule is Cc1nc(-c2nnn(C)c2Cn2nnc(NCc3ccccc3)n2)ccc1O[C@H]1CCC[C@H](C(=O)O)C1. The molecule has 2 atom stereocenters. The summed E-state index contributed by atoms with van der Waals surface area (Å²) in [6.07, 6.45) is 2.77. The fourth-order valence-corrected chi connectivity index (χ4v) is 4.51. The van der Waals surface area contributed by atoms with E-state index in [0.29, 0.717) is 54.7 Å². The summed E-state index contributed by atoms with van der Waals surface area (Å²) in [5.74, 6) is -0.0244. The Bertz CT molecular complexity index is 1370. The number of aromatic nitrogens is 8. The second-order valence-electron chi connectivity index (χ2n) is 9.21. The van der Waals surface area contributed by atoms with Gasteiger partial charge in [0.2, 0.25) is 0 Å². The molecule has 5 rings (SSSR count). The quantitative estimate of drug-likeness (QED) is 0.349. The average molecular weight is 504 g/mol. The minimum absolute atomic E-state index is 0.128. The number of nitrogens with zero attached hydrogens (tertiary/aromatic N) is 8. The van der Waals surface area contributed by atoms with Crippen molar-refractivity contribution in [2.24, 2.45) is 13.0 Å². The first-order chi connectivity index (χ1) is 18.0. The number of hydrogen-bond donors (Lipinski definition) is 2. The molecule has 0 bridgehead atoms. The third kappa shape index (κ3) is 5.74. The molecule has 1 aliphatic rings. The molecule has 1 saturated carbocycles. The number of anilines is 1. The summed E-state index contributed by atoms with van der Waals surface area (Å²) in [5.41, 5.74) is 3.89. The summed E-state index contributed by atoms with van der Waals surface area (Å²) >= 11 is 0. The number of carboxylic acid groups (broad SMARTS) is 1. The zero-order valence-corrected chi connectivity index (χ0v) is 20.8. The van der Waals surface area contributed by atoms with Gasteiger partial charge in [-0.05, 0) is 55.5 Å². The molecule has 3 aromatic heterocycles. The number of carboxylic acids is 1. The van der Waals surface area contributed by atoms with Gasteiger partial charge in [0, 0.05) is 13.6 Å². The Kier molecular flexibility index (Phi) is 7.06. The van der Waals surface area contributed by atoms with Crippen molar-refractivity contribution in [2.75, 3.05) is 5.32 Å². The van der Waals surface area contributed by atoms with Crippen molar-refractivity contribution >= 4 is 11.9 Å². The molecule has 0 amide bonds. The van der Waals surface area contributed by atoms with Crippen LogP contribution in [0, 0.1) is 12.8 Å². The van der Waals surface area contributed by atoms with Crippen LogP contribution in [0.2, 0.25) is 0 Å². The lowest BCUT2D eigenvalue weighted by atomic mass is 9.87. The normalized spacial score (nSPS) is 17.5. The van der Waals surface area contributed by atoms with Crippen molar-refractivity contribution in [3.8, 4) is 17.1 Å². The Morgan fingerprint density at radius 2 is 1.97 bits per heavy atom. The minimum atomic E-state index is -0.755. The molecular formula is C25H29N9O3. The first-order valence-electron chi connectivity index (χ1n) is 12.3. The Morgan fingerprint density at radius 3 is 2.76 bits per heavy atom. The van der Waals surface area contributed by atoms with E-state index in [0.717, 1.165) is 24.1 Å². The molecule has 192 valence electrons. The largest absolute Gasteiger partial charge is 0.489 e. The average Bonchev–Trinajstić information content (AvgIpc) is 3.51.